The minimum absolute atomic E-state index is 0.0276. The second-order valence-corrected chi connectivity index (χ2v) is 4.99. The lowest BCUT2D eigenvalue weighted by atomic mass is 10.1. The number of nitrogens with zero attached hydrogens (tertiary/aromatic N) is 1. The van der Waals surface area contributed by atoms with Crippen LogP contribution in [0.2, 0.25) is 0 Å². The number of hydrogen-bond donors (Lipinski definition) is 1. The van der Waals surface area contributed by atoms with Crippen LogP contribution < -0.4 is 10.2 Å². The Kier molecular flexibility index (Phi) is 7.56. The standard InChI is InChI=1S/C15H24F2N2O2/c1-11(10-21-4)19(2)15-13(16)7-12(8-14(15)17)9-18-5-6-20-3/h7-8,11,18H,5-6,9-10H2,1-4H3. The highest BCUT2D eigenvalue weighted by atomic mass is 19.1. The van der Waals surface area contributed by atoms with E-state index >= 15 is 0 Å². The summed E-state index contributed by atoms with van der Waals surface area (Å²) < 4.78 is 38.2. The SMILES string of the molecule is COCCNCc1cc(F)c(N(C)C(C)COC)c(F)c1. The Morgan fingerprint density at radius 3 is 2.33 bits per heavy atom. The van der Waals surface area contributed by atoms with Gasteiger partial charge in [-0.05, 0) is 24.6 Å². The summed E-state index contributed by atoms with van der Waals surface area (Å²) in [6.07, 6.45) is 0. The second kappa shape index (κ2) is 8.92. The van der Waals surface area contributed by atoms with Gasteiger partial charge in [-0.15, -0.1) is 0 Å². The van der Waals surface area contributed by atoms with Crippen LogP contribution in [-0.2, 0) is 16.0 Å². The van der Waals surface area contributed by atoms with Gasteiger partial charge in [-0.3, -0.25) is 0 Å². The van der Waals surface area contributed by atoms with Crippen molar-refractivity contribution in [2.24, 2.45) is 0 Å². The lowest BCUT2D eigenvalue weighted by Gasteiger charge is -2.27. The van der Waals surface area contributed by atoms with Crippen LogP contribution in [0.5, 0.6) is 0 Å². The molecule has 1 N–H and O–H groups in total. The third kappa shape index (κ3) is 5.22. The number of methoxy groups -OCH3 is 2. The normalized spacial score (nSPS) is 12.5. The van der Waals surface area contributed by atoms with Gasteiger partial charge < -0.3 is 19.7 Å². The minimum Gasteiger partial charge on any atom is -0.383 e. The Balaban J connectivity index is 2.79. The molecule has 1 unspecified atom stereocenters. The lowest BCUT2D eigenvalue weighted by Crippen LogP contribution is -2.34. The fourth-order valence-electron chi connectivity index (χ4n) is 2.04. The van der Waals surface area contributed by atoms with E-state index in [1.807, 2.05) is 6.92 Å². The second-order valence-electron chi connectivity index (χ2n) is 4.99. The molecule has 0 aromatic heterocycles. The zero-order valence-corrected chi connectivity index (χ0v) is 13.1. The number of ether oxygens (including phenoxy) is 2. The van der Waals surface area contributed by atoms with Crippen molar-refractivity contribution in [2.75, 3.05) is 45.9 Å². The highest BCUT2D eigenvalue weighted by Gasteiger charge is 2.19. The molecule has 0 aliphatic carbocycles. The van der Waals surface area contributed by atoms with Crippen molar-refractivity contribution < 1.29 is 18.3 Å². The molecule has 0 bridgehead atoms. The summed E-state index contributed by atoms with van der Waals surface area (Å²) in [6.45, 7) is 3.83. The third-order valence-electron chi connectivity index (χ3n) is 3.31. The van der Waals surface area contributed by atoms with Gasteiger partial charge in [-0.1, -0.05) is 0 Å². The molecule has 0 amide bonds. The summed E-state index contributed by atoms with van der Waals surface area (Å²) >= 11 is 0. The zero-order valence-electron chi connectivity index (χ0n) is 13.1. The first-order valence-electron chi connectivity index (χ1n) is 6.90. The van der Waals surface area contributed by atoms with Gasteiger partial charge in [0.1, 0.15) is 17.3 Å². The van der Waals surface area contributed by atoms with Crippen molar-refractivity contribution in [3.63, 3.8) is 0 Å². The predicted molar refractivity (Wildman–Crippen MR) is 79.7 cm³/mol. The number of benzene rings is 1. The molecule has 1 aromatic carbocycles. The molecular formula is C15H24F2N2O2. The van der Waals surface area contributed by atoms with E-state index in [0.29, 0.717) is 31.9 Å². The Labute approximate surface area is 125 Å². The number of halogens is 2. The highest BCUT2D eigenvalue weighted by Crippen LogP contribution is 2.25. The molecule has 0 heterocycles. The first-order chi connectivity index (χ1) is 10.0. The number of rotatable bonds is 9. The molecule has 21 heavy (non-hydrogen) atoms. The van der Waals surface area contributed by atoms with Crippen molar-refractivity contribution in [3.05, 3.63) is 29.3 Å². The Hall–Kier alpha value is -1.24. The molecule has 0 saturated heterocycles. The van der Waals surface area contributed by atoms with E-state index < -0.39 is 11.6 Å². The Bertz CT molecular complexity index is 421. The van der Waals surface area contributed by atoms with Crippen LogP contribution in [0.15, 0.2) is 12.1 Å². The summed E-state index contributed by atoms with van der Waals surface area (Å²) in [5.41, 5.74) is 0.540. The average Bonchev–Trinajstić information content (AvgIpc) is 2.43. The maximum atomic E-state index is 14.2. The van der Waals surface area contributed by atoms with Gasteiger partial charge in [-0.2, -0.15) is 0 Å². The zero-order chi connectivity index (χ0) is 15.8. The van der Waals surface area contributed by atoms with Crippen molar-refractivity contribution in [1.82, 2.24) is 5.32 Å². The molecule has 1 aromatic rings. The summed E-state index contributed by atoms with van der Waals surface area (Å²) in [7, 11) is 4.82. The number of anilines is 1. The molecule has 1 atom stereocenters. The average molecular weight is 302 g/mol. The first-order valence-corrected chi connectivity index (χ1v) is 6.90. The summed E-state index contributed by atoms with van der Waals surface area (Å²) in [5.74, 6) is -1.13. The number of hydrogen-bond acceptors (Lipinski definition) is 4. The molecule has 0 spiro atoms. The molecule has 0 radical (unpaired) electrons. The molecule has 6 heteroatoms. The van der Waals surface area contributed by atoms with Gasteiger partial charge in [0.15, 0.2) is 0 Å². The van der Waals surface area contributed by atoms with Crippen LogP contribution in [0, 0.1) is 11.6 Å². The van der Waals surface area contributed by atoms with Gasteiger partial charge in [0.2, 0.25) is 0 Å². The van der Waals surface area contributed by atoms with Gasteiger partial charge in [0.05, 0.1) is 13.2 Å². The van der Waals surface area contributed by atoms with Gasteiger partial charge in [0.25, 0.3) is 0 Å². The fraction of sp³-hybridized carbons (Fsp3) is 0.600. The van der Waals surface area contributed by atoms with Crippen LogP contribution in [0.4, 0.5) is 14.5 Å². The van der Waals surface area contributed by atoms with Crippen molar-refractivity contribution in [1.29, 1.82) is 0 Å². The minimum atomic E-state index is -0.566. The maximum Gasteiger partial charge on any atom is 0.149 e. The molecule has 1 rings (SSSR count). The van der Waals surface area contributed by atoms with Crippen LogP contribution >= 0.6 is 0 Å². The van der Waals surface area contributed by atoms with Gasteiger partial charge in [0, 0.05) is 40.4 Å². The lowest BCUT2D eigenvalue weighted by molar-refractivity contribution is 0.183. The van der Waals surface area contributed by atoms with Crippen molar-refractivity contribution in [3.8, 4) is 0 Å². The third-order valence-corrected chi connectivity index (χ3v) is 3.31. The van der Waals surface area contributed by atoms with E-state index in [-0.39, 0.29) is 11.7 Å². The Morgan fingerprint density at radius 1 is 1.19 bits per heavy atom. The van der Waals surface area contributed by atoms with Crippen molar-refractivity contribution in [2.45, 2.75) is 19.5 Å². The van der Waals surface area contributed by atoms with E-state index in [9.17, 15) is 8.78 Å². The maximum absolute atomic E-state index is 14.2. The summed E-state index contributed by atoms with van der Waals surface area (Å²) in [4.78, 5) is 1.55. The molecule has 120 valence electrons. The van der Waals surface area contributed by atoms with Crippen LogP contribution in [0.25, 0.3) is 0 Å². The van der Waals surface area contributed by atoms with Crippen molar-refractivity contribution >= 4 is 5.69 Å². The number of nitrogens with one attached hydrogen (secondary N) is 1. The molecule has 0 fully saturated rings. The topological polar surface area (TPSA) is 33.7 Å². The Morgan fingerprint density at radius 2 is 1.81 bits per heavy atom. The largest absolute Gasteiger partial charge is 0.383 e. The van der Waals surface area contributed by atoms with E-state index in [0.717, 1.165) is 0 Å². The fourth-order valence-corrected chi connectivity index (χ4v) is 2.04. The molecular weight excluding hydrogens is 278 g/mol. The molecule has 0 aliphatic heterocycles. The van der Waals surface area contributed by atoms with Crippen LogP contribution in [0.1, 0.15) is 12.5 Å². The predicted octanol–water partition coefficient (Wildman–Crippen LogP) is 2.17. The first kappa shape index (κ1) is 17.8. The highest BCUT2D eigenvalue weighted by molar-refractivity contribution is 5.50. The summed E-state index contributed by atoms with van der Waals surface area (Å²) in [5, 5.41) is 3.06. The van der Waals surface area contributed by atoms with E-state index in [1.54, 1.807) is 26.2 Å². The molecule has 0 saturated carbocycles. The van der Waals surface area contributed by atoms with Crippen LogP contribution in [-0.4, -0.2) is 47.1 Å². The number of likely N-dealkylation sites (N-methyl/N-ethyl adjacent to an activating group) is 1. The van der Waals surface area contributed by atoms with E-state index in [2.05, 4.69) is 5.32 Å². The summed E-state index contributed by atoms with van der Waals surface area (Å²) in [6, 6.07) is 2.59. The molecule has 4 nitrogen and oxygen atoms in total. The molecule has 0 aliphatic rings. The van der Waals surface area contributed by atoms with Gasteiger partial charge in [-0.25, -0.2) is 8.78 Å². The monoisotopic (exact) mass is 302 g/mol. The van der Waals surface area contributed by atoms with Gasteiger partial charge >= 0.3 is 0 Å². The van der Waals surface area contributed by atoms with E-state index in [1.165, 1.54) is 12.1 Å². The smallest absolute Gasteiger partial charge is 0.149 e. The van der Waals surface area contributed by atoms with E-state index in [4.69, 9.17) is 9.47 Å². The quantitative estimate of drug-likeness (QED) is 0.709. The van der Waals surface area contributed by atoms with Crippen LogP contribution in [0.3, 0.4) is 0 Å².